The lowest BCUT2D eigenvalue weighted by molar-refractivity contribution is 0.414. The summed E-state index contributed by atoms with van der Waals surface area (Å²) in [6.45, 7) is 1.82. The number of methoxy groups -OCH3 is 1. The molecule has 2 aromatic carbocycles. The second-order valence-corrected chi connectivity index (χ2v) is 6.61. The highest BCUT2D eigenvalue weighted by molar-refractivity contribution is 7.88. The molecule has 0 heterocycles. The van der Waals surface area contributed by atoms with E-state index in [4.69, 9.17) is 4.74 Å². The zero-order chi connectivity index (χ0) is 15.3. The summed E-state index contributed by atoms with van der Waals surface area (Å²) in [7, 11) is -1.78. The normalized spacial score (nSPS) is 12.9. The lowest BCUT2D eigenvalue weighted by Crippen LogP contribution is -2.28. The zero-order valence-corrected chi connectivity index (χ0v) is 12.9. The first-order valence-corrected chi connectivity index (χ1v) is 8.33. The van der Waals surface area contributed by atoms with Gasteiger partial charge in [0.15, 0.2) is 0 Å². The maximum atomic E-state index is 12.2. The molecule has 1 N–H and O–H groups in total. The largest absolute Gasteiger partial charge is 0.497 e. The SMILES string of the molecule is COc1ccc([C@H](C)NS(=O)(=O)Cc2ccccc2)cc1. The average molecular weight is 305 g/mol. The van der Waals surface area contributed by atoms with Gasteiger partial charge in [-0.25, -0.2) is 13.1 Å². The van der Waals surface area contributed by atoms with Crippen molar-refractivity contribution in [2.24, 2.45) is 0 Å². The maximum Gasteiger partial charge on any atom is 0.216 e. The molecule has 0 spiro atoms. The van der Waals surface area contributed by atoms with E-state index in [-0.39, 0.29) is 11.8 Å². The van der Waals surface area contributed by atoms with Crippen LogP contribution < -0.4 is 9.46 Å². The van der Waals surface area contributed by atoms with Gasteiger partial charge in [0.2, 0.25) is 10.0 Å². The van der Waals surface area contributed by atoms with Crippen molar-refractivity contribution in [3.63, 3.8) is 0 Å². The number of rotatable bonds is 6. The highest BCUT2D eigenvalue weighted by atomic mass is 32.2. The Kier molecular flexibility index (Phi) is 4.98. The van der Waals surface area contributed by atoms with Crippen molar-refractivity contribution in [2.75, 3.05) is 7.11 Å². The molecule has 112 valence electrons. The number of ether oxygens (including phenoxy) is 1. The van der Waals surface area contributed by atoms with Gasteiger partial charge in [0, 0.05) is 6.04 Å². The molecule has 1 atom stereocenters. The van der Waals surface area contributed by atoms with Crippen molar-refractivity contribution in [2.45, 2.75) is 18.7 Å². The first-order chi connectivity index (χ1) is 10.00. The van der Waals surface area contributed by atoms with Gasteiger partial charge in [-0.05, 0) is 30.2 Å². The number of hydrogen-bond donors (Lipinski definition) is 1. The third-order valence-electron chi connectivity index (χ3n) is 3.17. The molecule has 0 unspecified atom stereocenters. The predicted octanol–water partition coefficient (Wildman–Crippen LogP) is 2.88. The quantitative estimate of drug-likeness (QED) is 0.893. The zero-order valence-electron chi connectivity index (χ0n) is 12.1. The van der Waals surface area contributed by atoms with Crippen LogP contribution in [0.5, 0.6) is 5.75 Å². The average Bonchev–Trinajstić information content (AvgIpc) is 2.47. The van der Waals surface area contributed by atoms with Crippen LogP contribution in [0.15, 0.2) is 54.6 Å². The number of sulfonamides is 1. The van der Waals surface area contributed by atoms with E-state index in [1.54, 1.807) is 19.2 Å². The van der Waals surface area contributed by atoms with Gasteiger partial charge in [-0.3, -0.25) is 0 Å². The second-order valence-electron chi connectivity index (χ2n) is 4.86. The molecule has 5 heteroatoms. The van der Waals surface area contributed by atoms with E-state index >= 15 is 0 Å². The number of nitrogens with one attached hydrogen (secondary N) is 1. The van der Waals surface area contributed by atoms with Gasteiger partial charge in [-0.1, -0.05) is 42.5 Å². The van der Waals surface area contributed by atoms with Crippen molar-refractivity contribution < 1.29 is 13.2 Å². The van der Waals surface area contributed by atoms with Gasteiger partial charge in [0.25, 0.3) is 0 Å². The first-order valence-electron chi connectivity index (χ1n) is 6.68. The molecule has 21 heavy (non-hydrogen) atoms. The smallest absolute Gasteiger partial charge is 0.216 e. The van der Waals surface area contributed by atoms with Gasteiger partial charge in [0.05, 0.1) is 12.9 Å². The van der Waals surface area contributed by atoms with E-state index in [9.17, 15) is 8.42 Å². The maximum absolute atomic E-state index is 12.2. The molecule has 0 fully saturated rings. The van der Waals surface area contributed by atoms with E-state index in [1.165, 1.54) is 0 Å². The Labute approximate surface area is 125 Å². The monoisotopic (exact) mass is 305 g/mol. The molecule has 2 rings (SSSR count). The standard InChI is InChI=1S/C16H19NO3S/c1-13(15-8-10-16(20-2)11-9-15)17-21(18,19)12-14-6-4-3-5-7-14/h3-11,13,17H,12H2,1-2H3/t13-/m0/s1. The van der Waals surface area contributed by atoms with Gasteiger partial charge in [-0.15, -0.1) is 0 Å². The van der Waals surface area contributed by atoms with Crippen LogP contribution in [0, 0.1) is 0 Å². The molecule has 0 aliphatic carbocycles. The van der Waals surface area contributed by atoms with E-state index in [0.717, 1.165) is 16.9 Å². The van der Waals surface area contributed by atoms with E-state index < -0.39 is 10.0 Å². The predicted molar refractivity (Wildman–Crippen MR) is 83.6 cm³/mol. The Morgan fingerprint density at radius 1 is 1.05 bits per heavy atom. The Bertz CT molecular complexity index is 666. The highest BCUT2D eigenvalue weighted by Crippen LogP contribution is 2.18. The Morgan fingerprint density at radius 3 is 2.24 bits per heavy atom. The van der Waals surface area contributed by atoms with Crippen LogP contribution in [0.4, 0.5) is 0 Å². The molecule has 4 nitrogen and oxygen atoms in total. The third-order valence-corrected chi connectivity index (χ3v) is 4.60. The Hall–Kier alpha value is -1.85. The fourth-order valence-electron chi connectivity index (χ4n) is 2.07. The van der Waals surface area contributed by atoms with Crippen LogP contribution in [0.1, 0.15) is 24.1 Å². The van der Waals surface area contributed by atoms with E-state index in [0.29, 0.717) is 0 Å². The third kappa shape index (κ3) is 4.58. The molecule has 0 radical (unpaired) electrons. The molecule has 2 aromatic rings. The summed E-state index contributed by atoms with van der Waals surface area (Å²) in [4.78, 5) is 0. The van der Waals surface area contributed by atoms with Crippen molar-refractivity contribution in [1.29, 1.82) is 0 Å². The molecule has 0 aromatic heterocycles. The summed E-state index contributed by atoms with van der Waals surface area (Å²) >= 11 is 0. The fourth-order valence-corrected chi connectivity index (χ4v) is 3.45. The molecular weight excluding hydrogens is 286 g/mol. The molecule has 0 amide bonds. The minimum absolute atomic E-state index is 0.0195. The lowest BCUT2D eigenvalue weighted by Gasteiger charge is -2.15. The van der Waals surface area contributed by atoms with Crippen LogP contribution >= 0.6 is 0 Å². The Balaban J connectivity index is 2.05. The van der Waals surface area contributed by atoms with Crippen molar-refractivity contribution in [3.05, 3.63) is 65.7 Å². The van der Waals surface area contributed by atoms with Gasteiger partial charge in [-0.2, -0.15) is 0 Å². The molecule has 0 aliphatic heterocycles. The first kappa shape index (κ1) is 15.5. The van der Waals surface area contributed by atoms with Crippen molar-refractivity contribution >= 4 is 10.0 Å². The van der Waals surface area contributed by atoms with Crippen molar-refractivity contribution in [3.8, 4) is 5.75 Å². The van der Waals surface area contributed by atoms with Crippen molar-refractivity contribution in [1.82, 2.24) is 4.72 Å². The van der Waals surface area contributed by atoms with Gasteiger partial charge < -0.3 is 4.74 Å². The number of benzene rings is 2. The second kappa shape index (κ2) is 6.74. The minimum atomic E-state index is -3.38. The molecule has 0 saturated heterocycles. The van der Waals surface area contributed by atoms with E-state index in [2.05, 4.69) is 4.72 Å². The summed E-state index contributed by atoms with van der Waals surface area (Å²) in [5, 5.41) is 0. The van der Waals surface area contributed by atoms with Crippen LogP contribution in [0.3, 0.4) is 0 Å². The van der Waals surface area contributed by atoms with Crippen LogP contribution in [-0.4, -0.2) is 15.5 Å². The molecule has 0 bridgehead atoms. The molecule has 0 saturated carbocycles. The molecule has 0 aliphatic rings. The summed E-state index contributed by atoms with van der Waals surface area (Å²) in [6, 6.07) is 16.2. The highest BCUT2D eigenvalue weighted by Gasteiger charge is 2.16. The number of hydrogen-bond acceptors (Lipinski definition) is 3. The lowest BCUT2D eigenvalue weighted by atomic mass is 10.1. The fraction of sp³-hybridized carbons (Fsp3) is 0.250. The van der Waals surface area contributed by atoms with E-state index in [1.807, 2.05) is 49.4 Å². The minimum Gasteiger partial charge on any atom is -0.497 e. The summed E-state index contributed by atoms with van der Waals surface area (Å²) < 4.78 is 32.1. The summed E-state index contributed by atoms with van der Waals surface area (Å²) in [6.07, 6.45) is 0. The van der Waals surface area contributed by atoms with Gasteiger partial charge >= 0.3 is 0 Å². The topological polar surface area (TPSA) is 55.4 Å². The Morgan fingerprint density at radius 2 is 1.67 bits per heavy atom. The summed E-state index contributed by atoms with van der Waals surface area (Å²) in [5.74, 6) is 0.729. The van der Waals surface area contributed by atoms with Crippen LogP contribution in [0.25, 0.3) is 0 Å². The van der Waals surface area contributed by atoms with Gasteiger partial charge in [0.1, 0.15) is 5.75 Å². The van der Waals surface area contributed by atoms with Crippen LogP contribution in [0.2, 0.25) is 0 Å². The molecular formula is C16H19NO3S. The van der Waals surface area contributed by atoms with Crippen LogP contribution in [-0.2, 0) is 15.8 Å². The summed E-state index contributed by atoms with van der Waals surface area (Å²) in [5.41, 5.74) is 1.67.